The van der Waals surface area contributed by atoms with Crippen LogP contribution in [0.3, 0.4) is 0 Å². The highest BCUT2D eigenvalue weighted by molar-refractivity contribution is 7.85. The SMILES string of the molecule is COC(=N)/C=C(\S)C(=O)Nc1c(-c2cc(F)ccc2F)ncnc1C1CCC(F)(F)CO1. The number of rotatable bonds is 5. The van der Waals surface area contributed by atoms with Gasteiger partial charge in [-0.05, 0) is 24.6 Å². The Labute approximate surface area is 185 Å². The first-order valence-corrected chi connectivity index (χ1v) is 9.70. The van der Waals surface area contributed by atoms with Crippen molar-refractivity contribution in [2.75, 3.05) is 19.0 Å². The van der Waals surface area contributed by atoms with Crippen LogP contribution in [0.15, 0.2) is 35.5 Å². The number of methoxy groups -OCH3 is 1. The molecule has 1 unspecified atom stereocenters. The van der Waals surface area contributed by atoms with Crippen LogP contribution in [0, 0.1) is 17.0 Å². The molecule has 2 aromatic rings. The van der Waals surface area contributed by atoms with Gasteiger partial charge in [-0.1, -0.05) is 0 Å². The summed E-state index contributed by atoms with van der Waals surface area (Å²) in [5, 5.41) is 9.93. The first kappa shape index (κ1) is 23.7. The van der Waals surface area contributed by atoms with E-state index in [9.17, 15) is 22.4 Å². The highest BCUT2D eigenvalue weighted by Crippen LogP contribution is 2.40. The monoisotopic (exact) mass is 470 g/mol. The van der Waals surface area contributed by atoms with Crippen molar-refractivity contribution in [3.05, 3.63) is 52.8 Å². The molecule has 7 nitrogen and oxygen atoms in total. The molecule has 1 aliphatic rings. The smallest absolute Gasteiger partial charge is 0.271 e. The fourth-order valence-electron chi connectivity index (χ4n) is 3.01. The molecule has 2 heterocycles. The van der Waals surface area contributed by atoms with E-state index in [2.05, 4.69) is 32.7 Å². The van der Waals surface area contributed by atoms with Gasteiger partial charge >= 0.3 is 0 Å². The van der Waals surface area contributed by atoms with Gasteiger partial charge in [0, 0.05) is 18.1 Å². The number of nitrogens with zero attached hydrogens (tertiary/aromatic N) is 2. The first-order chi connectivity index (χ1) is 15.1. The Hall–Kier alpha value is -2.99. The summed E-state index contributed by atoms with van der Waals surface area (Å²) in [6, 6.07) is 2.68. The number of carbonyl (C=O) groups is 1. The molecule has 1 aromatic carbocycles. The second kappa shape index (κ2) is 9.65. The van der Waals surface area contributed by atoms with Gasteiger partial charge in [-0.2, -0.15) is 0 Å². The predicted octanol–water partition coefficient (Wildman–Crippen LogP) is 4.28. The Morgan fingerprint density at radius 1 is 1.38 bits per heavy atom. The van der Waals surface area contributed by atoms with Gasteiger partial charge in [-0.25, -0.2) is 27.5 Å². The van der Waals surface area contributed by atoms with Crippen LogP contribution in [0.5, 0.6) is 0 Å². The summed E-state index contributed by atoms with van der Waals surface area (Å²) in [6.45, 7) is -0.860. The average molecular weight is 470 g/mol. The van der Waals surface area contributed by atoms with Gasteiger partial charge in [0.2, 0.25) is 5.90 Å². The lowest BCUT2D eigenvalue weighted by Crippen LogP contribution is -2.32. The zero-order chi connectivity index (χ0) is 23.5. The van der Waals surface area contributed by atoms with E-state index in [1.807, 2.05) is 0 Å². The number of benzene rings is 1. The molecular weight excluding hydrogens is 452 g/mol. The van der Waals surface area contributed by atoms with Crippen LogP contribution < -0.4 is 5.32 Å². The molecule has 1 fully saturated rings. The van der Waals surface area contributed by atoms with E-state index < -0.39 is 42.6 Å². The number of alkyl halides is 2. The van der Waals surface area contributed by atoms with Crippen LogP contribution in [0.2, 0.25) is 0 Å². The molecule has 1 amide bonds. The van der Waals surface area contributed by atoms with Crippen molar-refractivity contribution in [2.45, 2.75) is 24.9 Å². The second-order valence-electron chi connectivity index (χ2n) is 6.85. The highest BCUT2D eigenvalue weighted by atomic mass is 32.1. The minimum Gasteiger partial charge on any atom is -0.481 e. The summed E-state index contributed by atoms with van der Waals surface area (Å²) < 4.78 is 65.3. The predicted molar refractivity (Wildman–Crippen MR) is 111 cm³/mol. The Kier molecular flexibility index (Phi) is 7.14. The van der Waals surface area contributed by atoms with Crippen molar-refractivity contribution >= 4 is 30.1 Å². The lowest BCUT2D eigenvalue weighted by Gasteiger charge is -2.29. The Bertz CT molecular complexity index is 1070. The number of hydrogen-bond donors (Lipinski definition) is 3. The van der Waals surface area contributed by atoms with Gasteiger partial charge in [-0.15, -0.1) is 12.6 Å². The second-order valence-corrected chi connectivity index (χ2v) is 7.33. The van der Waals surface area contributed by atoms with Gasteiger partial charge in [0.25, 0.3) is 11.8 Å². The lowest BCUT2D eigenvalue weighted by molar-refractivity contribution is -0.146. The van der Waals surface area contributed by atoms with E-state index in [-0.39, 0.29) is 39.9 Å². The quantitative estimate of drug-likeness (QED) is 0.199. The molecule has 0 aliphatic carbocycles. The molecule has 1 atom stereocenters. The van der Waals surface area contributed by atoms with Crippen LogP contribution in [0.4, 0.5) is 23.2 Å². The van der Waals surface area contributed by atoms with Crippen LogP contribution in [0.25, 0.3) is 11.3 Å². The minimum atomic E-state index is -3.01. The standard InChI is InChI=1S/C20H18F4N4O3S/c1-30-15(25)7-14(32)19(29)28-18-16(11-6-10(21)2-3-12(11)22)26-9-27-17(18)13-4-5-20(23,24)8-31-13/h2-3,6-7,9,13,25,32H,4-5,8H2,1H3,(H,28,29)/b14-7-,25-15?. The fourth-order valence-corrected chi connectivity index (χ4v) is 3.19. The molecule has 32 heavy (non-hydrogen) atoms. The molecule has 0 saturated carbocycles. The van der Waals surface area contributed by atoms with E-state index in [0.717, 1.165) is 30.6 Å². The maximum atomic E-state index is 14.5. The van der Waals surface area contributed by atoms with Crippen LogP contribution in [-0.4, -0.2) is 41.4 Å². The summed E-state index contributed by atoms with van der Waals surface area (Å²) in [7, 11) is 1.22. The van der Waals surface area contributed by atoms with E-state index in [1.54, 1.807) is 0 Å². The highest BCUT2D eigenvalue weighted by Gasteiger charge is 2.38. The topological polar surface area (TPSA) is 97.2 Å². The Balaban J connectivity index is 2.08. The van der Waals surface area contributed by atoms with E-state index >= 15 is 0 Å². The van der Waals surface area contributed by atoms with Gasteiger partial charge in [-0.3, -0.25) is 10.2 Å². The van der Waals surface area contributed by atoms with E-state index in [0.29, 0.717) is 0 Å². The summed E-state index contributed by atoms with van der Waals surface area (Å²) in [6.07, 6.45) is 0.492. The van der Waals surface area contributed by atoms with Crippen molar-refractivity contribution in [3.63, 3.8) is 0 Å². The number of anilines is 1. The maximum Gasteiger partial charge on any atom is 0.271 e. The maximum absolute atomic E-state index is 14.5. The van der Waals surface area contributed by atoms with Crippen molar-refractivity contribution in [1.82, 2.24) is 9.97 Å². The Morgan fingerprint density at radius 2 is 2.12 bits per heavy atom. The van der Waals surface area contributed by atoms with Gasteiger partial charge < -0.3 is 14.8 Å². The van der Waals surface area contributed by atoms with Gasteiger partial charge in [0.05, 0.1) is 23.4 Å². The molecule has 170 valence electrons. The molecule has 1 aliphatic heterocycles. The Morgan fingerprint density at radius 3 is 2.78 bits per heavy atom. The molecule has 0 radical (unpaired) electrons. The third-order valence-electron chi connectivity index (χ3n) is 4.59. The summed E-state index contributed by atoms with van der Waals surface area (Å²) in [5.41, 5.74) is -0.588. The number of carbonyl (C=O) groups excluding carboxylic acids is 1. The summed E-state index contributed by atoms with van der Waals surface area (Å²) in [5.74, 6) is -5.79. The third kappa shape index (κ3) is 5.43. The van der Waals surface area contributed by atoms with Crippen LogP contribution in [0.1, 0.15) is 24.6 Å². The van der Waals surface area contributed by atoms with Crippen molar-refractivity contribution in [3.8, 4) is 11.3 Å². The molecule has 12 heteroatoms. The zero-order valence-electron chi connectivity index (χ0n) is 16.7. The van der Waals surface area contributed by atoms with Crippen molar-refractivity contribution < 1.29 is 31.8 Å². The van der Waals surface area contributed by atoms with Crippen molar-refractivity contribution in [1.29, 1.82) is 5.41 Å². The van der Waals surface area contributed by atoms with Crippen molar-refractivity contribution in [2.24, 2.45) is 0 Å². The number of aromatic nitrogens is 2. The first-order valence-electron chi connectivity index (χ1n) is 9.25. The van der Waals surface area contributed by atoms with Crippen LogP contribution >= 0.6 is 12.6 Å². The average Bonchev–Trinajstić information content (AvgIpc) is 2.75. The normalized spacial score (nSPS) is 18.2. The fraction of sp³-hybridized carbons (Fsp3) is 0.300. The largest absolute Gasteiger partial charge is 0.481 e. The number of amides is 1. The molecule has 0 spiro atoms. The number of nitrogens with one attached hydrogen (secondary N) is 2. The number of hydrogen-bond acceptors (Lipinski definition) is 7. The number of thiol groups is 1. The molecule has 0 bridgehead atoms. The third-order valence-corrected chi connectivity index (χ3v) is 4.92. The number of ether oxygens (including phenoxy) is 2. The molecule has 2 N–H and O–H groups in total. The molecular formula is C20H18F4N4O3S. The molecule has 3 rings (SSSR count). The molecule has 1 saturated heterocycles. The van der Waals surface area contributed by atoms with Gasteiger partial charge in [0.15, 0.2) is 0 Å². The van der Waals surface area contributed by atoms with Gasteiger partial charge in [0.1, 0.15) is 36.4 Å². The lowest BCUT2D eigenvalue weighted by atomic mass is 10.00. The number of halogens is 4. The van der Waals surface area contributed by atoms with Crippen LogP contribution in [-0.2, 0) is 14.3 Å². The minimum absolute atomic E-state index is 0.0189. The zero-order valence-corrected chi connectivity index (χ0v) is 17.6. The summed E-state index contributed by atoms with van der Waals surface area (Å²) in [4.78, 5) is 20.4. The molecule has 1 aromatic heterocycles. The van der Waals surface area contributed by atoms with E-state index in [4.69, 9.17) is 10.1 Å². The summed E-state index contributed by atoms with van der Waals surface area (Å²) >= 11 is 4.01. The van der Waals surface area contributed by atoms with E-state index in [1.165, 1.54) is 7.11 Å².